The van der Waals surface area contributed by atoms with Crippen LogP contribution < -0.4 is 21.5 Å². The lowest BCUT2D eigenvalue weighted by atomic mass is 10.1. The largest absolute Gasteiger partial charge is 0.482 e. The Hall–Kier alpha value is -3.11. The number of carbonyl (C=O) groups excluding carboxylic acids is 2. The van der Waals surface area contributed by atoms with Crippen LogP contribution in [0.2, 0.25) is 5.15 Å². The van der Waals surface area contributed by atoms with Crippen LogP contribution >= 0.6 is 11.6 Å². The SMILES string of the molecule is COC(=O)COc1ccc(CCCN(C)CCNC(=O)c2nc(Cl)c(N)nc2N)cc1. The maximum atomic E-state index is 12.2. The minimum atomic E-state index is -0.449. The van der Waals surface area contributed by atoms with Crippen LogP contribution in [0.4, 0.5) is 11.6 Å². The molecule has 0 radical (unpaired) electrons. The molecule has 0 aliphatic rings. The minimum absolute atomic E-state index is 0.0150. The van der Waals surface area contributed by atoms with Gasteiger partial charge in [-0.25, -0.2) is 14.8 Å². The van der Waals surface area contributed by atoms with Crippen LogP contribution in [0.5, 0.6) is 5.75 Å². The molecule has 0 bridgehead atoms. The number of methoxy groups -OCH3 is 1. The summed E-state index contributed by atoms with van der Waals surface area (Å²) < 4.78 is 9.86. The zero-order valence-corrected chi connectivity index (χ0v) is 18.3. The van der Waals surface area contributed by atoms with Crippen molar-refractivity contribution in [2.45, 2.75) is 12.8 Å². The van der Waals surface area contributed by atoms with Crippen molar-refractivity contribution in [2.75, 3.05) is 51.9 Å². The Labute approximate surface area is 185 Å². The Bertz CT molecular complexity index is 894. The number of aromatic nitrogens is 2. The molecule has 1 heterocycles. The number of halogens is 1. The Morgan fingerprint density at radius 3 is 2.52 bits per heavy atom. The Morgan fingerprint density at radius 2 is 1.84 bits per heavy atom. The van der Waals surface area contributed by atoms with E-state index in [2.05, 4.69) is 24.9 Å². The number of nitrogens with zero attached hydrogens (tertiary/aromatic N) is 3. The number of benzene rings is 1. The summed E-state index contributed by atoms with van der Waals surface area (Å²) in [5.41, 5.74) is 12.3. The third-order valence-corrected chi connectivity index (χ3v) is 4.69. The van der Waals surface area contributed by atoms with Crippen LogP contribution in [0.3, 0.4) is 0 Å². The van der Waals surface area contributed by atoms with Crippen LogP contribution in [-0.2, 0) is 16.0 Å². The lowest BCUT2D eigenvalue weighted by Gasteiger charge is -2.17. The fraction of sp³-hybridized carbons (Fsp3) is 0.400. The fourth-order valence-corrected chi connectivity index (χ4v) is 2.80. The van der Waals surface area contributed by atoms with Crippen LogP contribution in [0.25, 0.3) is 0 Å². The summed E-state index contributed by atoms with van der Waals surface area (Å²) in [6.45, 7) is 1.82. The normalized spacial score (nSPS) is 10.7. The number of anilines is 2. The standard InChI is InChI=1S/C20H27ClN6O4/c1-27(11-9-24-20(29)16-18(22)26-19(23)17(21)25-16)10-3-4-13-5-7-14(8-6-13)31-12-15(28)30-2/h5-8H,3-4,9-12H2,1-2H3,(H,24,29)(H4,22,23,26). The number of hydrogen-bond acceptors (Lipinski definition) is 9. The van der Waals surface area contributed by atoms with Crippen LogP contribution in [-0.4, -0.2) is 67.1 Å². The van der Waals surface area contributed by atoms with E-state index < -0.39 is 11.9 Å². The molecule has 1 amide bonds. The summed E-state index contributed by atoms with van der Waals surface area (Å²) in [4.78, 5) is 33.1. The first kappa shape index (κ1) is 24.2. The summed E-state index contributed by atoms with van der Waals surface area (Å²) in [7, 11) is 3.30. The third-order valence-electron chi connectivity index (χ3n) is 4.41. The van der Waals surface area contributed by atoms with Crippen molar-refractivity contribution in [3.8, 4) is 5.75 Å². The van der Waals surface area contributed by atoms with Crippen molar-refractivity contribution in [1.29, 1.82) is 0 Å². The second-order valence-corrected chi connectivity index (χ2v) is 7.16. The van der Waals surface area contributed by atoms with Gasteiger partial charge in [-0.15, -0.1) is 0 Å². The van der Waals surface area contributed by atoms with Crippen molar-refractivity contribution in [2.24, 2.45) is 0 Å². The second-order valence-electron chi connectivity index (χ2n) is 6.80. The van der Waals surface area contributed by atoms with Gasteiger partial charge in [0.05, 0.1) is 7.11 Å². The van der Waals surface area contributed by atoms with E-state index in [-0.39, 0.29) is 29.1 Å². The Morgan fingerprint density at radius 1 is 1.13 bits per heavy atom. The first-order valence-electron chi connectivity index (χ1n) is 9.64. The number of nitrogens with two attached hydrogens (primary N) is 2. The van der Waals surface area contributed by atoms with Gasteiger partial charge in [0.15, 0.2) is 29.1 Å². The molecule has 0 spiro atoms. The molecule has 1 aromatic carbocycles. The molecule has 168 valence electrons. The summed E-state index contributed by atoms with van der Waals surface area (Å²) in [6.07, 6.45) is 1.84. The van der Waals surface area contributed by atoms with E-state index in [9.17, 15) is 9.59 Å². The van der Waals surface area contributed by atoms with Crippen molar-refractivity contribution in [3.63, 3.8) is 0 Å². The molecular formula is C20H27ClN6O4. The first-order valence-corrected chi connectivity index (χ1v) is 10.0. The number of likely N-dealkylation sites (N-methyl/N-ethyl adjacent to an activating group) is 1. The zero-order valence-electron chi connectivity index (χ0n) is 17.6. The van der Waals surface area contributed by atoms with Crippen molar-refractivity contribution >= 4 is 35.1 Å². The van der Waals surface area contributed by atoms with E-state index in [1.165, 1.54) is 12.7 Å². The molecule has 0 unspecified atom stereocenters. The van der Waals surface area contributed by atoms with E-state index in [1.54, 1.807) is 0 Å². The van der Waals surface area contributed by atoms with E-state index in [1.807, 2.05) is 31.3 Å². The van der Waals surface area contributed by atoms with Gasteiger partial charge in [-0.05, 0) is 44.1 Å². The number of esters is 1. The predicted octanol–water partition coefficient (Wildman–Crippen LogP) is 1.14. The van der Waals surface area contributed by atoms with Crippen LogP contribution in [0.1, 0.15) is 22.5 Å². The maximum absolute atomic E-state index is 12.2. The summed E-state index contributed by atoms with van der Waals surface area (Å²) >= 11 is 5.80. The van der Waals surface area contributed by atoms with Crippen LogP contribution in [0.15, 0.2) is 24.3 Å². The van der Waals surface area contributed by atoms with E-state index >= 15 is 0 Å². The molecule has 31 heavy (non-hydrogen) atoms. The average Bonchev–Trinajstić information content (AvgIpc) is 2.75. The van der Waals surface area contributed by atoms with Gasteiger partial charge in [-0.1, -0.05) is 23.7 Å². The van der Waals surface area contributed by atoms with E-state index in [0.717, 1.165) is 19.4 Å². The first-order chi connectivity index (χ1) is 14.8. The fourth-order valence-electron chi connectivity index (χ4n) is 2.67. The Balaban J connectivity index is 1.67. The lowest BCUT2D eigenvalue weighted by molar-refractivity contribution is -0.142. The smallest absolute Gasteiger partial charge is 0.343 e. The van der Waals surface area contributed by atoms with Gasteiger partial charge in [0, 0.05) is 13.1 Å². The number of amides is 1. The van der Waals surface area contributed by atoms with Gasteiger partial charge in [0.1, 0.15) is 5.75 Å². The monoisotopic (exact) mass is 450 g/mol. The molecule has 2 rings (SSSR count). The number of hydrogen-bond donors (Lipinski definition) is 3. The van der Waals surface area contributed by atoms with Gasteiger partial charge < -0.3 is 31.2 Å². The highest BCUT2D eigenvalue weighted by atomic mass is 35.5. The third kappa shape index (κ3) is 7.91. The van der Waals surface area contributed by atoms with Crippen molar-refractivity contribution in [1.82, 2.24) is 20.2 Å². The second kappa shape index (κ2) is 11.9. The number of carbonyl (C=O) groups is 2. The van der Waals surface area contributed by atoms with Crippen molar-refractivity contribution in [3.05, 3.63) is 40.7 Å². The van der Waals surface area contributed by atoms with Crippen molar-refractivity contribution < 1.29 is 19.1 Å². The van der Waals surface area contributed by atoms with Gasteiger partial charge >= 0.3 is 5.97 Å². The summed E-state index contributed by atoms with van der Waals surface area (Å²) in [6, 6.07) is 7.59. The molecule has 2 aromatic rings. The molecule has 11 heteroatoms. The van der Waals surface area contributed by atoms with E-state index in [0.29, 0.717) is 18.8 Å². The zero-order chi connectivity index (χ0) is 22.8. The molecule has 0 saturated heterocycles. The topological polar surface area (TPSA) is 146 Å². The lowest BCUT2D eigenvalue weighted by Crippen LogP contribution is -2.34. The van der Waals surface area contributed by atoms with Gasteiger partial charge in [-0.3, -0.25) is 4.79 Å². The molecule has 0 fully saturated rings. The van der Waals surface area contributed by atoms with Crippen LogP contribution in [0, 0.1) is 0 Å². The highest BCUT2D eigenvalue weighted by molar-refractivity contribution is 6.31. The number of ether oxygens (including phenoxy) is 2. The maximum Gasteiger partial charge on any atom is 0.343 e. The van der Waals surface area contributed by atoms with E-state index in [4.69, 9.17) is 27.8 Å². The molecule has 10 nitrogen and oxygen atoms in total. The number of rotatable bonds is 11. The molecule has 0 aliphatic carbocycles. The Kier molecular flexibility index (Phi) is 9.29. The average molecular weight is 451 g/mol. The highest BCUT2D eigenvalue weighted by Gasteiger charge is 2.15. The molecular weight excluding hydrogens is 424 g/mol. The highest BCUT2D eigenvalue weighted by Crippen LogP contribution is 2.17. The quantitative estimate of drug-likeness (QED) is 0.429. The van der Waals surface area contributed by atoms with Gasteiger partial charge in [0.25, 0.3) is 5.91 Å². The summed E-state index contributed by atoms with van der Waals surface area (Å²) in [5.74, 6) is -0.324. The molecule has 0 saturated carbocycles. The number of nitrogens with one attached hydrogen (secondary N) is 1. The summed E-state index contributed by atoms with van der Waals surface area (Å²) in [5, 5.41) is 2.69. The minimum Gasteiger partial charge on any atom is -0.482 e. The predicted molar refractivity (Wildman–Crippen MR) is 118 cm³/mol. The molecule has 0 atom stereocenters. The number of nitrogen functional groups attached to an aromatic ring is 2. The van der Waals surface area contributed by atoms with Gasteiger partial charge in [-0.2, -0.15) is 0 Å². The molecule has 0 aliphatic heterocycles. The molecule has 5 N–H and O–H groups in total. The molecule has 1 aromatic heterocycles. The van der Waals surface area contributed by atoms with Gasteiger partial charge in [0.2, 0.25) is 0 Å². The number of aryl methyl sites for hydroxylation is 1.